The molecule has 0 radical (unpaired) electrons. The second-order valence-corrected chi connectivity index (χ2v) is 4.04. The van der Waals surface area contributed by atoms with Crippen LogP contribution < -0.4 is 0 Å². The number of carbonyl (C=O) groups is 4. The average Bonchev–Trinajstić information content (AvgIpc) is 2.29. The molecule has 0 aliphatic heterocycles. The maximum Gasteiger partial charge on any atom is 0.327 e. The van der Waals surface area contributed by atoms with Gasteiger partial charge in [0.2, 0.25) is 0 Å². The smallest absolute Gasteiger partial charge is 0.327 e. The van der Waals surface area contributed by atoms with Gasteiger partial charge in [-0.3, -0.25) is 19.2 Å². The minimum Gasteiger partial charge on any atom is -0.466 e. The molecule has 6 heteroatoms. The van der Waals surface area contributed by atoms with Crippen molar-refractivity contribution in [1.29, 1.82) is 0 Å². The number of Topliss-reactive ketones (excluding diaryl/α,β-unsaturated/α-hetero) is 2. The number of ketones is 2. The molecule has 0 aromatic heterocycles. The molecule has 19 heavy (non-hydrogen) atoms. The standard InChI is InChI=1S/C13H20O6/c1-5-18-11(16)7-8-13(9(3)14,10(4)15)12(17)19-6-2/h5-8H2,1-4H3. The van der Waals surface area contributed by atoms with Crippen molar-refractivity contribution >= 4 is 23.5 Å². The Morgan fingerprint density at radius 2 is 1.37 bits per heavy atom. The molecule has 0 unspecified atom stereocenters. The van der Waals surface area contributed by atoms with Gasteiger partial charge in [0.25, 0.3) is 0 Å². The third-order valence-corrected chi connectivity index (χ3v) is 2.84. The first kappa shape index (κ1) is 17.3. The fraction of sp³-hybridized carbons (Fsp3) is 0.692. The summed E-state index contributed by atoms with van der Waals surface area (Å²) >= 11 is 0. The lowest BCUT2D eigenvalue weighted by Gasteiger charge is -2.25. The topological polar surface area (TPSA) is 86.7 Å². The lowest BCUT2D eigenvalue weighted by Crippen LogP contribution is -2.45. The van der Waals surface area contributed by atoms with Crippen LogP contribution in [0.5, 0.6) is 0 Å². The zero-order valence-corrected chi connectivity index (χ0v) is 11.8. The zero-order chi connectivity index (χ0) is 15.1. The van der Waals surface area contributed by atoms with Crippen LogP contribution >= 0.6 is 0 Å². The Morgan fingerprint density at radius 1 is 0.895 bits per heavy atom. The van der Waals surface area contributed by atoms with E-state index in [-0.39, 0.29) is 26.1 Å². The quantitative estimate of drug-likeness (QED) is 0.485. The summed E-state index contributed by atoms with van der Waals surface area (Å²) in [5.74, 6) is -2.71. The number of esters is 2. The zero-order valence-electron chi connectivity index (χ0n) is 11.8. The summed E-state index contributed by atoms with van der Waals surface area (Å²) in [4.78, 5) is 46.7. The van der Waals surface area contributed by atoms with Crippen LogP contribution in [0.4, 0.5) is 0 Å². The molecule has 0 N–H and O–H groups in total. The van der Waals surface area contributed by atoms with Crippen molar-refractivity contribution in [3.63, 3.8) is 0 Å². The van der Waals surface area contributed by atoms with Crippen molar-refractivity contribution in [3.8, 4) is 0 Å². The van der Waals surface area contributed by atoms with E-state index in [2.05, 4.69) is 0 Å². The number of carbonyl (C=O) groups excluding carboxylic acids is 4. The van der Waals surface area contributed by atoms with Crippen molar-refractivity contribution in [1.82, 2.24) is 0 Å². The Balaban J connectivity index is 5.15. The van der Waals surface area contributed by atoms with Gasteiger partial charge in [0.05, 0.1) is 13.2 Å². The van der Waals surface area contributed by atoms with Crippen LogP contribution in [0.3, 0.4) is 0 Å². The lowest BCUT2D eigenvalue weighted by atomic mass is 9.76. The van der Waals surface area contributed by atoms with Crippen LogP contribution in [0.2, 0.25) is 0 Å². The van der Waals surface area contributed by atoms with Crippen molar-refractivity contribution in [3.05, 3.63) is 0 Å². The first-order valence-corrected chi connectivity index (χ1v) is 6.17. The van der Waals surface area contributed by atoms with E-state index < -0.39 is 28.9 Å². The molecule has 0 aromatic carbocycles. The van der Waals surface area contributed by atoms with Crippen molar-refractivity contribution in [2.45, 2.75) is 40.5 Å². The van der Waals surface area contributed by atoms with Gasteiger partial charge in [-0.25, -0.2) is 0 Å². The predicted molar refractivity (Wildman–Crippen MR) is 66.3 cm³/mol. The third kappa shape index (κ3) is 4.15. The fourth-order valence-corrected chi connectivity index (χ4v) is 1.77. The van der Waals surface area contributed by atoms with E-state index in [1.807, 2.05) is 0 Å². The van der Waals surface area contributed by atoms with Gasteiger partial charge in [0, 0.05) is 6.42 Å². The molecule has 0 aromatic rings. The molecule has 0 spiro atoms. The van der Waals surface area contributed by atoms with E-state index >= 15 is 0 Å². The van der Waals surface area contributed by atoms with Crippen LogP contribution in [0.25, 0.3) is 0 Å². The molecule has 0 heterocycles. The second kappa shape index (κ2) is 7.66. The van der Waals surface area contributed by atoms with E-state index in [1.54, 1.807) is 13.8 Å². The molecule has 0 atom stereocenters. The fourth-order valence-electron chi connectivity index (χ4n) is 1.77. The predicted octanol–water partition coefficient (Wildman–Crippen LogP) is 1.06. The van der Waals surface area contributed by atoms with Gasteiger partial charge in [-0.15, -0.1) is 0 Å². The highest BCUT2D eigenvalue weighted by Crippen LogP contribution is 2.29. The van der Waals surface area contributed by atoms with Crippen LogP contribution in [0.1, 0.15) is 40.5 Å². The summed E-state index contributed by atoms with van der Waals surface area (Å²) in [7, 11) is 0. The summed E-state index contributed by atoms with van der Waals surface area (Å²) in [6.07, 6.45) is -0.416. The minimum absolute atomic E-state index is 0.0561. The van der Waals surface area contributed by atoms with E-state index in [4.69, 9.17) is 9.47 Å². The van der Waals surface area contributed by atoms with Gasteiger partial charge in [0.1, 0.15) is 0 Å². The molecule has 0 aliphatic carbocycles. The molecule has 108 valence electrons. The highest BCUT2D eigenvalue weighted by atomic mass is 16.5. The average molecular weight is 272 g/mol. The number of hydrogen-bond acceptors (Lipinski definition) is 6. The molecule has 0 aliphatic rings. The minimum atomic E-state index is -1.90. The van der Waals surface area contributed by atoms with E-state index in [9.17, 15) is 19.2 Å². The first-order valence-electron chi connectivity index (χ1n) is 6.17. The summed E-state index contributed by atoms with van der Waals surface area (Å²) in [6, 6.07) is 0. The maximum absolute atomic E-state index is 11.9. The molecule has 0 rings (SSSR count). The van der Waals surface area contributed by atoms with Gasteiger partial charge in [0.15, 0.2) is 17.0 Å². The number of hydrogen-bond donors (Lipinski definition) is 0. The Labute approximate surface area is 112 Å². The normalized spacial score (nSPS) is 10.7. The van der Waals surface area contributed by atoms with Gasteiger partial charge < -0.3 is 9.47 Å². The maximum atomic E-state index is 11.9. The van der Waals surface area contributed by atoms with Gasteiger partial charge >= 0.3 is 11.9 Å². The highest BCUT2D eigenvalue weighted by molar-refractivity contribution is 6.21. The highest BCUT2D eigenvalue weighted by Gasteiger charge is 2.49. The van der Waals surface area contributed by atoms with Gasteiger partial charge in [-0.2, -0.15) is 0 Å². The van der Waals surface area contributed by atoms with Crippen molar-refractivity contribution < 1.29 is 28.7 Å². The Bertz CT molecular complexity index is 357. The van der Waals surface area contributed by atoms with Crippen LogP contribution in [0, 0.1) is 5.41 Å². The number of ether oxygens (including phenoxy) is 2. The molecule has 0 saturated carbocycles. The molecule has 0 bridgehead atoms. The number of rotatable bonds is 8. The molecular formula is C13H20O6. The monoisotopic (exact) mass is 272 g/mol. The summed E-state index contributed by atoms with van der Waals surface area (Å²) < 4.78 is 9.51. The van der Waals surface area contributed by atoms with Crippen LogP contribution in [-0.2, 0) is 28.7 Å². The lowest BCUT2D eigenvalue weighted by molar-refractivity contribution is -0.164. The van der Waals surface area contributed by atoms with E-state index in [0.717, 1.165) is 13.8 Å². The second-order valence-electron chi connectivity index (χ2n) is 4.04. The Hall–Kier alpha value is -1.72. The summed E-state index contributed by atoms with van der Waals surface area (Å²) in [5, 5.41) is 0. The molecule has 6 nitrogen and oxygen atoms in total. The largest absolute Gasteiger partial charge is 0.466 e. The van der Waals surface area contributed by atoms with Crippen LogP contribution in [-0.4, -0.2) is 36.7 Å². The molecular weight excluding hydrogens is 252 g/mol. The van der Waals surface area contributed by atoms with Crippen LogP contribution in [0.15, 0.2) is 0 Å². The SMILES string of the molecule is CCOC(=O)CCC(C(C)=O)(C(C)=O)C(=O)OCC. The summed E-state index contributed by atoms with van der Waals surface area (Å²) in [5.41, 5.74) is -1.90. The third-order valence-electron chi connectivity index (χ3n) is 2.84. The summed E-state index contributed by atoms with van der Waals surface area (Å²) in [6.45, 7) is 5.76. The van der Waals surface area contributed by atoms with Gasteiger partial charge in [-0.05, 0) is 34.1 Å². The van der Waals surface area contributed by atoms with E-state index in [1.165, 1.54) is 0 Å². The van der Waals surface area contributed by atoms with Gasteiger partial charge in [-0.1, -0.05) is 0 Å². The van der Waals surface area contributed by atoms with E-state index in [0.29, 0.717) is 0 Å². The Kier molecular flexibility index (Phi) is 6.96. The molecule has 0 fully saturated rings. The Morgan fingerprint density at radius 3 is 1.74 bits per heavy atom. The molecule has 0 amide bonds. The van der Waals surface area contributed by atoms with Crippen molar-refractivity contribution in [2.24, 2.45) is 5.41 Å². The molecule has 0 saturated heterocycles. The first-order chi connectivity index (χ1) is 8.82. The van der Waals surface area contributed by atoms with Crippen molar-refractivity contribution in [2.75, 3.05) is 13.2 Å².